The number of sulfonamides is 1. The first-order valence-corrected chi connectivity index (χ1v) is 9.70. The number of hydrogen-bond acceptors (Lipinski definition) is 5. The summed E-state index contributed by atoms with van der Waals surface area (Å²) in [7, 11) is -4.12. The maximum Gasteiger partial charge on any atom is 0.303 e. The van der Waals surface area contributed by atoms with Crippen LogP contribution in [-0.2, 0) is 14.8 Å². The highest BCUT2D eigenvalue weighted by atomic mass is 79.9. The van der Waals surface area contributed by atoms with Crippen molar-refractivity contribution in [3.05, 3.63) is 63.1 Å². The number of nitrogens with zero attached hydrogens (tertiary/aromatic N) is 2. The molecule has 0 aliphatic carbocycles. The summed E-state index contributed by atoms with van der Waals surface area (Å²) in [6.45, 7) is -0.0834. The van der Waals surface area contributed by atoms with Crippen molar-refractivity contribution in [3.63, 3.8) is 0 Å². The van der Waals surface area contributed by atoms with Crippen LogP contribution >= 0.6 is 15.9 Å². The quantitative estimate of drug-likeness (QED) is 0.494. The van der Waals surface area contributed by atoms with E-state index >= 15 is 0 Å². The van der Waals surface area contributed by atoms with Gasteiger partial charge < -0.3 is 5.11 Å². The van der Waals surface area contributed by atoms with Crippen LogP contribution in [0.1, 0.15) is 12.8 Å². The van der Waals surface area contributed by atoms with Gasteiger partial charge in [-0.15, -0.1) is 0 Å². The smallest absolute Gasteiger partial charge is 0.303 e. The van der Waals surface area contributed by atoms with Crippen molar-refractivity contribution in [2.75, 3.05) is 10.8 Å². The second kappa shape index (κ2) is 8.28. The second-order valence-electron chi connectivity index (χ2n) is 5.28. The number of anilines is 1. The van der Waals surface area contributed by atoms with E-state index in [9.17, 15) is 23.3 Å². The van der Waals surface area contributed by atoms with E-state index in [0.717, 1.165) is 10.4 Å². The van der Waals surface area contributed by atoms with Crippen molar-refractivity contribution in [3.8, 4) is 0 Å². The van der Waals surface area contributed by atoms with E-state index in [4.69, 9.17) is 5.11 Å². The van der Waals surface area contributed by atoms with Gasteiger partial charge in [-0.05, 0) is 40.5 Å². The van der Waals surface area contributed by atoms with Crippen molar-refractivity contribution >= 4 is 43.3 Å². The first-order chi connectivity index (χ1) is 12.2. The number of nitro groups is 1. The molecular weight excluding hydrogens is 428 g/mol. The van der Waals surface area contributed by atoms with Gasteiger partial charge in [0.05, 0.1) is 15.5 Å². The van der Waals surface area contributed by atoms with Crippen molar-refractivity contribution in [1.82, 2.24) is 0 Å². The molecule has 0 atom stereocenters. The molecule has 0 saturated carbocycles. The molecule has 0 fully saturated rings. The largest absolute Gasteiger partial charge is 0.481 e. The Kier molecular flexibility index (Phi) is 6.32. The molecule has 0 unspecified atom stereocenters. The highest BCUT2D eigenvalue weighted by Crippen LogP contribution is 2.31. The molecule has 10 heteroatoms. The third kappa shape index (κ3) is 4.58. The zero-order chi connectivity index (χ0) is 19.3. The van der Waals surface area contributed by atoms with Crippen LogP contribution in [0, 0.1) is 10.1 Å². The van der Waals surface area contributed by atoms with E-state index in [-0.39, 0.29) is 30.0 Å². The summed E-state index contributed by atoms with van der Waals surface area (Å²) in [5.74, 6) is -1.04. The SMILES string of the molecule is O=C(O)CCCN(c1ccccc1Br)S(=O)(=O)c1cccc([N+](=O)[O-])c1. The Morgan fingerprint density at radius 3 is 2.50 bits per heavy atom. The molecule has 2 aromatic carbocycles. The van der Waals surface area contributed by atoms with Crippen LogP contribution in [0.3, 0.4) is 0 Å². The van der Waals surface area contributed by atoms with Crippen molar-refractivity contribution < 1.29 is 23.2 Å². The lowest BCUT2D eigenvalue weighted by molar-refractivity contribution is -0.385. The van der Waals surface area contributed by atoms with Crippen LogP contribution in [0.25, 0.3) is 0 Å². The zero-order valence-electron chi connectivity index (χ0n) is 13.4. The van der Waals surface area contributed by atoms with Crippen molar-refractivity contribution in [2.45, 2.75) is 17.7 Å². The molecule has 0 bridgehead atoms. The molecular formula is C16H15BrN2O6S. The number of nitro benzene ring substituents is 1. The number of non-ortho nitro benzene ring substituents is 1. The predicted molar refractivity (Wildman–Crippen MR) is 98.6 cm³/mol. The fraction of sp³-hybridized carbons (Fsp3) is 0.188. The lowest BCUT2D eigenvalue weighted by Crippen LogP contribution is -2.32. The maximum absolute atomic E-state index is 13.1. The number of carbonyl (C=O) groups is 1. The molecule has 0 aromatic heterocycles. The van der Waals surface area contributed by atoms with E-state index in [1.165, 1.54) is 18.2 Å². The Morgan fingerprint density at radius 2 is 1.88 bits per heavy atom. The number of benzene rings is 2. The molecule has 0 amide bonds. The Bertz CT molecular complexity index is 932. The van der Waals surface area contributed by atoms with Gasteiger partial charge in [-0.3, -0.25) is 19.2 Å². The summed E-state index contributed by atoms with van der Waals surface area (Å²) in [6, 6.07) is 11.3. The Hall–Kier alpha value is -2.46. The average molecular weight is 443 g/mol. The highest BCUT2D eigenvalue weighted by molar-refractivity contribution is 9.10. The lowest BCUT2D eigenvalue weighted by atomic mass is 10.3. The van der Waals surface area contributed by atoms with Crippen molar-refractivity contribution in [1.29, 1.82) is 0 Å². The molecule has 0 saturated heterocycles. The minimum Gasteiger partial charge on any atom is -0.481 e. The summed E-state index contributed by atoms with van der Waals surface area (Å²) in [4.78, 5) is 20.8. The van der Waals surface area contributed by atoms with Crippen LogP contribution in [-0.4, -0.2) is 31.0 Å². The Labute approximate surface area is 158 Å². The number of para-hydroxylation sites is 1. The van der Waals surface area contributed by atoms with Crippen LogP contribution in [0.15, 0.2) is 57.9 Å². The molecule has 26 heavy (non-hydrogen) atoms. The van der Waals surface area contributed by atoms with E-state index in [1.54, 1.807) is 24.3 Å². The number of rotatable bonds is 8. The Balaban J connectivity index is 2.49. The van der Waals surface area contributed by atoms with Gasteiger partial charge in [0.1, 0.15) is 0 Å². The predicted octanol–water partition coefficient (Wildman–Crippen LogP) is 3.42. The fourth-order valence-electron chi connectivity index (χ4n) is 2.28. The zero-order valence-corrected chi connectivity index (χ0v) is 15.8. The first-order valence-electron chi connectivity index (χ1n) is 7.47. The Morgan fingerprint density at radius 1 is 1.19 bits per heavy atom. The highest BCUT2D eigenvalue weighted by Gasteiger charge is 2.27. The third-order valence-electron chi connectivity index (χ3n) is 3.49. The molecule has 0 aliphatic heterocycles. The molecule has 8 nitrogen and oxygen atoms in total. The molecule has 0 spiro atoms. The topological polar surface area (TPSA) is 118 Å². The maximum atomic E-state index is 13.1. The minimum atomic E-state index is -4.12. The van der Waals surface area contributed by atoms with Crippen LogP contribution in [0.5, 0.6) is 0 Å². The van der Waals surface area contributed by atoms with E-state index in [1.807, 2.05) is 0 Å². The molecule has 0 aliphatic rings. The number of halogens is 1. The van der Waals surface area contributed by atoms with Gasteiger partial charge in [-0.2, -0.15) is 0 Å². The summed E-state index contributed by atoms with van der Waals surface area (Å²) in [5, 5.41) is 19.8. The van der Waals surface area contributed by atoms with Crippen molar-refractivity contribution in [2.24, 2.45) is 0 Å². The van der Waals surface area contributed by atoms with Gasteiger partial charge in [-0.25, -0.2) is 8.42 Å². The summed E-state index contributed by atoms with van der Waals surface area (Å²) >= 11 is 3.29. The summed E-state index contributed by atoms with van der Waals surface area (Å²) in [5.41, 5.74) is -0.0203. The monoisotopic (exact) mass is 442 g/mol. The molecule has 2 aromatic rings. The molecule has 138 valence electrons. The molecule has 1 N–H and O–H groups in total. The number of carboxylic acid groups (broad SMARTS) is 1. The standard InChI is InChI=1S/C16H15BrN2O6S/c17-14-7-1-2-8-15(14)18(10-4-9-16(20)21)26(24,25)13-6-3-5-12(11-13)19(22)23/h1-3,5-8,11H,4,9-10H2,(H,20,21). The van der Waals surface area contributed by atoms with Gasteiger partial charge in [-0.1, -0.05) is 18.2 Å². The van der Waals surface area contributed by atoms with E-state index < -0.39 is 20.9 Å². The van der Waals surface area contributed by atoms with Gasteiger partial charge in [0.2, 0.25) is 0 Å². The van der Waals surface area contributed by atoms with Gasteiger partial charge in [0.15, 0.2) is 0 Å². The average Bonchev–Trinajstić information content (AvgIpc) is 2.59. The normalized spacial score (nSPS) is 11.1. The second-order valence-corrected chi connectivity index (χ2v) is 8.00. The van der Waals surface area contributed by atoms with Crippen LogP contribution in [0.2, 0.25) is 0 Å². The first kappa shape index (κ1) is 19.9. The van der Waals surface area contributed by atoms with E-state index in [2.05, 4.69) is 15.9 Å². The van der Waals surface area contributed by atoms with E-state index in [0.29, 0.717) is 10.2 Å². The number of hydrogen-bond donors (Lipinski definition) is 1. The molecule has 0 heterocycles. The summed E-state index contributed by atoms with van der Waals surface area (Å²) in [6.07, 6.45) is -0.115. The van der Waals surface area contributed by atoms with Gasteiger partial charge >= 0.3 is 5.97 Å². The minimum absolute atomic E-state index is 0.0834. The fourth-order valence-corrected chi connectivity index (χ4v) is 4.46. The summed E-state index contributed by atoms with van der Waals surface area (Å²) < 4.78 is 27.7. The number of aliphatic carboxylic acids is 1. The molecule has 2 rings (SSSR count). The van der Waals surface area contributed by atoms with Crippen LogP contribution in [0.4, 0.5) is 11.4 Å². The van der Waals surface area contributed by atoms with Crippen LogP contribution < -0.4 is 4.31 Å². The van der Waals surface area contributed by atoms with Gasteiger partial charge in [0.25, 0.3) is 15.7 Å². The van der Waals surface area contributed by atoms with Gasteiger partial charge in [0, 0.05) is 29.6 Å². The third-order valence-corrected chi connectivity index (χ3v) is 5.97. The number of carboxylic acids is 1. The molecule has 0 radical (unpaired) electrons. The lowest BCUT2D eigenvalue weighted by Gasteiger charge is -2.25.